The third-order valence-corrected chi connectivity index (χ3v) is 3.88. The van der Waals surface area contributed by atoms with Gasteiger partial charge in [-0.1, -0.05) is 40.2 Å². The highest BCUT2D eigenvalue weighted by Gasteiger charge is 2.14. The van der Waals surface area contributed by atoms with Crippen molar-refractivity contribution >= 4 is 21.8 Å². The first-order valence-corrected chi connectivity index (χ1v) is 7.10. The molecule has 2 nitrogen and oxygen atoms in total. The molecule has 0 unspecified atom stereocenters. The summed E-state index contributed by atoms with van der Waals surface area (Å²) in [6.45, 7) is 3.56. The number of nitrogens with one attached hydrogen (secondary N) is 1. The highest BCUT2D eigenvalue weighted by Crippen LogP contribution is 2.23. The molecule has 4 heteroatoms. The quantitative estimate of drug-likeness (QED) is 0.885. The molecule has 1 amide bonds. The van der Waals surface area contributed by atoms with Gasteiger partial charge in [-0.3, -0.25) is 4.79 Å². The Kier molecular flexibility index (Phi) is 4.55. The maximum Gasteiger partial charge on any atom is 0.251 e. The second-order valence-electron chi connectivity index (χ2n) is 4.68. The molecule has 1 atom stereocenters. The van der Waals surface area contributed by atoms with Crippen LogP contribution in [0.5, 0.6) is 0 Å². The van der Waals surface area contributed by atoms with Crippen LogP contribution in [0.25, 0.3) is 0 Å². The summed E-state index contributed by atoms with van der Waals surface area (Å²) >= 11 is 3.45. The topological polar surface area (TPSA) is 29.1 Å². The lowest BCUT2D eigenvalue weighted by atomic mass is 10.1. The molecule has 0 bridgehead atoms. The van der Waals surface area contributed by atoms with E-state index in [1.54, 1.807) is 19.1 Å². The zero-order valence-electron chi connectivity index (χ0n) is 11.3. The van der Waals surface area contributed by atoms with E-state index < -0.39 is 0 Å². The summed E-state index contributed by atoms with van der Waals surface area (Å²) in [5, 5.41) is 2.86. The summed E-state index contributed by atoms with van der Waals surface area (Å²) < 4.78 is 14.4. The standard InChI is InChI=1S/C16H15BrFNO/c1-10-7-8-12(9-15(10)18)16(20)19-11(2)13-5-3-4-6-14(13)17/h3-9,11H,1-2H3,(H,19,20)/t11-/m1/s1. The molecule has 0 aromatic heterocycles. The largest absolute Gasteiger partial charge is 0.345 e. The van der Waals surface area contributed by atoms with Crippen molar-refractivity contribution in [3.63, 3.8) is 0 Å². The lowest BCUT2D eigenvalue weighted by Crippen LogP contribution is -2.27. The van der Waals surface area contributed by atoms with E-state index in [9.17, 15) is 9.18 Å². The molecule has 0 spiro atoms. The molecule has 2 rings (SSSR count). The number of amides is 1. The van der Waals surface area contributed by atoms with Gasteiger partial charge in [0.1, 0.15) is 5.82 Å². The zero-order chi connectivity index (χ0) is 14.7. The van der Waals surface area contributed by atoms with Gasteiger partial charge in [-0.15, -0.1) is 0 Å². The summed E-state index contributed by atoms with van der Waals surface area (Å²) in [4.78, 5) is 12.1. The Morgan fingerprint density at radius 2 is 1.95 bits per heavy atom. The fourth-order valence-electron chi connectivity index (χ4n) is 1.92. The van der Waals surface area contributed by atoms with Gasteiger partial charge >= 0.3 is 0 Å². The Bertz CT molecular complexity index is 642. The molecule has 0 aliphatic carbocycles. The van der Waals surface area contributed by atoms with Crippen molar-refractivity contribution in [1.29, 1.82) is 0 Å². The van der Waals surface area contributed by atoms with Gasteiger partial charge in [-0.05, 0) is 43.2 Å². The van der Waals surface area contributed by atoms with E-state index in [2.05, 4.69) is 21.2 Å². The van der Waals surface area contributed by atoms with Gasteiger partial charge in [0, 0.05) is 10.0 Å². The molecule has 0 heterocycles. The van der Waals surface area contributed by atoms with Gasteiger partial charge in [0.05, 0.1) is 6.04 Å². The lowest BCUT2D eigenvalue weighted by molar-refractivity contribution is 0.0939. The number of carbonyl (C=O) groups excluding carboxylic acids is 1. The number of aryl methyl sites for hydroxylation is 1. The predicted molar refractivity (Wildman–Crippen MR) is 81.2 cm³/mol. The second-order valence-corrected chi connectivity index (χ2v) is 5.53. The fourth-order valence-corrected chi connectivity index (χ4v) is 2.55. The van der Waals surface area contributed by atoms with E-state index >= 15 is 0 Å². The van der Waals surface area contributed by atoms with Crippen molar-refractivity contribution in [1.82, 2.24) is 5.32 Å². The highest BCUT2D eigenvalue weighted by atomic mass is 79.9. The number of halogens is 2. The molecular weight excluding hydrogens is 321 g/mol. The molecule has 104 valence electrons. The van der Waals surface area contributed by atoms with E-state index in [0.717, 1.165) is 10.0 Å². The average molecular weight is 336 g/mol. The van der Waals surface area contributed by atoms with E-state index in [1.807, 2.05) is 31.2 Å². The first kappa shape index (κ1) is 14.7. The Hall–Kier alpha value is -1.68. The molecule has 0 radical (unpaired) electrons. The van der Waals surface area contributed by atoms with Crippen LogP contribution in [0.1, 0.15) is 34.5 Å². The van der Waals surface area contributed by atoms with E-state index in [-0.39, 0.29) is 17.8 Å². The van der Waals surface area contributed by atoms with Crippen molar-refractivity contribution in [3.8, 4) is 0 Å². The number of rotatable bonds is 3. The number of carbonyl (C=O) groups is 1. The van der Waals surface area contributed by atoms with Gasteiger partial charge in [-0.25, -0.2) is 4.39 Å². The summed E-state index contributed by atoms with van der Waals surface area (Å²) in [6, 6.07) is 12.0. The van der Waals surface area contributed by atoms with Crippen molar-refractivity contribution in [3.05, 3.63) is 69.4 Å². The molecule has 0 fully saturated rings. The van der Waals surface area contributed by atoms with Crippen LogP contribution < -0.4 is 5.32 Å². The van der Waals surface area contributed by atoms with Gasteiger partial charge in [0.15, 0.2) is 0 Å². The van der Waals surface area contributed by atoms with Gasteiger partial charge < -0.3 is 5.32 Å². The van der Waals surface area contributed by atoms with Crippen molar-refractivity contribution in [2.24, 2.45) is 0 Å². The zero-order valence-corrected chi connectivity index (χ0v) is 12.9. The highest BCUT2D eigenvalue weighted by molar-refractivity contribution is 9.10. The normalized spacial score (nSPS) is 12.0. The molecule has 2 aromatic rings. The Morgan fingerprint density at radius 1 is 1.25 bits per heavy atom. The lowest BCUT2D eigenvalue weighted by Gasteiger charge is -2.16. The van der Waals surface area contributed by atoms with Crippen LogP contribution >= 0.6 is 15.9 Å². The number of benzene rings is 2. The predicted octanol–water partition coefficient (Wildman–Crippen LogP) is 4.39. The molecule has 0 saturated carbocycles. The average Bonchev–Trinajstić information content (AvgIpc) is 2.42. The van der Waals surface area contributed by atoms with Crippen LogP contribution in [0.15, 0.2) is 46.9 Å². The molecule has 20 heavy (non-hydrogen) atoms. The minimum Gasteiger partial charge on any atom is -0.345 e. The smallest absolute Gasteiger partial charge is 0.251 e. The van der Waals surface area contributed by atoms with Crippen LogP contribution in [0.3, 0.4) is 0 Å². The third kappa shape index (κ3) is 3.25. The third-order valence-electron chi connectivity index (χ3n) is 3.15. The van der Waals surface area contributed by atoms with Gasteiger partial charge in [-0.2, -0.15) is 0 Å². The van der Waals surface area contributed by atoms with Crippen LogP contribution in [0.4, 0.5) is 4.39 Å². The Balaban J connectivity index is 2.15. The number of hydrogen-bond donors (Lipinski definition) is 1. The summed E-state index contributed by atoms with van der Waals surface area (Å²) in [7, 11) is 0. The molecule has 0 saturated heterocycles. The van der Waals surface area contributed by atoms with Crippen LogP contribution in [0, 0.1) is 12.7 Å². The Morgan fingerprint density at radius 3 is 2.60 bits per heavy atom. The van der Waals surface area contributed by atoms with Crippen LogP contribution in [0.2, 0.25) is 0 Å². The molecule has 0 aliphatic rings. The minimum absolute atomic E-state index is 0.164. The van der Waals surface area contributed by atoms with E-state index in [1.165, 1.54) is 6.07 Å². The van der Waals surface area contributed by atoms with Gasteiger partial charge in [0.2, 0.25) is 0 Å². The molecule has 1 N–H and O–H groups in total. The van der Waals surface area contributed by atoms with Crippen molar-refractivity contribution < 1.29 is 9.18 Å². The molecule has 2 aromatic carbocycles. The van der Waals surface area contributed by atoms with Crippen molar-refractivity contribution in [2.45, 2.75) is 19.9 Å². The van der Waals surface area contributed by atoms with Crippen LogP contribution in [-0.4, -0.2) is 5.91 Å². The maximum atomic E-state index is 13.5. The molecule has 0 aliphatic heterocycles. The first-order chi connectivity index (χ1) is 9.49. The number of hydrogen-bond acceptors (Lipinski definition) is 1. The minimum atomic E-state index is -0.369. The summed E-state index contributed by atoms with van der Waals surface area (Å²) in [5.74, 6) is -0.654. The Labute approximate surface area is 126 Å². The SMILES string of the molecule is Cc1ccc(C(=O)N[C@H](C)c2ccccc2Br)cc1F. The fraction of sp³-hybridized carbons (Fsp3) is 0.188. The van der Waals surface area contributed by atoms with Crippen LogP contribution in [-0.2, 0) is 0 Å². The maximum absolute atomic E-state index is 13.5. The first-order valence-electron chi connectivity index (χ1n) is 6.30. The van der Waals surface area contributed by atoms with E-state index in [0.29, 0.717) is 11.1 Å². The monoisotopic (exact) mass is 335 g/mol. The second kappa shape index (κ2) is 6.18. The summed E-state index contributed by atoms with van der Waals surface area (Å²) in [5.41, 5.74) is 1.83. The summed E-state index contributed by atoms with van der Waals surface area (Å²) in [6.07, 6.45) is 0. The van der Waals surface area contributed by atoms with E-state index in [4.69, 9.17) is 0 Å². The van der Waals surface area contributed by atoms with Gasteiger partial charge in [0.25, 0.3) is 5.91 Å². The molecular formula is C16H15BrFNO. The van der Waals surface area contributed by atoms with Crippen molar-refractivity contribution in [2.75, 3.05) is 0 Å².